The van der Waals surface area contributed by atoms with E-state index in [0.29, 0.717) is 6.42 Å². The normalized spacial score (nSPS) is 14.4. The molecule has 3 N–H and O–H groups in total. The van der Waals surface area contributed by atoms with Crippen LogP contribution in [0.1, 0.15) is 32.8 Å². The van der Waals surface area contributed by atoms with Gasteiger partial charge in [-0.2, -0.15) is 0 Å². The Morgan fingerprint density at radius 2 is 1.75 bits per heavy atom. The number of nitrogens with two attached hydrogens (primary N) is 1. The maximum atomic E-state index is 12.0. The third-order valence-electron chi connectivity index (χ3n) is 2.80. The van der Waals surface area contributed by atoms with E-state index in [1.165, 1.54) is 0 Å². The summed E-state index contributed by atoms with van der Waals surface area (Å²) in [5.41, 5.74) is 3.89. The predicted octanol–water partition coefficient (Wildman–Crippen LogP) is 1.74. The van der Waals surface area contributed by atoms with E-state index in [1.807, 2.05) is 30.3 Å². The van der Waals surface area contributed by atoms with Crippen LogP contribution in [0.15, 0.2) is 30.3 Å². The molecule has 0 aliphatic heterocycles. The van der Waals surface area contributed by atoms with Gasteiger partial charge >= 0.3 is 11.9 Å². The van der Waals surface area contributed by atoms with E-state index >= 15 is 0 Å². The van der Waals surface area contributed by atoms with Crippen LogP contribution in [0.2, 0.25) is 0 Å². The first-order chi connectivity index (χ1) is 9.15. The first-order valence-electron chi connectivity index (χ1n) is 6.45. The van der Waals surface area contributed by atoms with Gasteiger partial charge in [0, 0.05) is 0 Å². The van der Waals surface area contributed by atoms with E-state index in [1.54, 1.807) is 20.8 Å². The van der Waals surface area contributed by atoms with E-state index < -0.39 is 23.1 Å². The number of aliphatic carboxylic acids is 1. The molecule has 1 aromatic rings. The highest BCUT2D eigenvalue weighted by atomic mass is 16.6. The average Bonchev–Trinajstić information content (AvgIpc) is 2.34. The van der Waals surface area contributed by atoms with Gasteiger partial charge in [-0.3, -0.25) is 0 Å². The maximum Gasteiger partial charge on any atom is 0.338 e. The Balaban J connectivity index is 2.82. The van der Waals surface area contributed by atoms with Crippen molar-refractivity contribution in [1.29, 1.82) is 0 Å². The minimum Gasteiger partial charge on any atom is -0.479 e. The Hall–Kier alpha value is -1.88. The second kappa shape index (κ2) is 6.05. The molecule has 1 atom stereocenters. The third-order valence-corrected chi connectivity index (χ3v) is 2.80. The summed E-state index contributed by atoms with van der Waals surface area (Å²) in [4.78, 5) is 23.4. The van der Waals surface area contributed by atoms with Crippen LogP contribution in [0.5, 0.6) is 0 Å². The summed E-state index contributed by atoms with van der Waals surface area (Å²) in [5, 5.41) is 9.25. The van der Waals surface area contributed by atoms with Gasteiger partial charge in [0.15, 0.2) is 0 Å². The smallest absolute Gasteiger partial charge is 0.338 e. The number of carbonyl (C=O) groups is 2. The van der Waals surface area contributed by atoms with Crippen LogP contribution in [0, 0.1) is 0 Å². The SMILES string of the molecule is CC(C)(C)OC(=O)[C@@](N)(CCc1ccccc1)C(=O)O. The maximum absolute atomic E-state index is 12.0. The zero-order valence-corrected chi connectivity index (χ0v) is 12.1. The number of esters is 1. The van der Waals surface area contributed by atoms with Crippen LogP contribution in [0.3, 0.4) is 0 Å². The van der Waals surface area contributed by atoms with E-state index in [0.717, 1.165) is 5.56 Å². The second-order valence-electron chi connectivity index (χ2n) is 5.76. The van der Waals surface area contributed by atoms with Crippen LogP contribution in [-0.2, 0) is 20.7 Å². The van der Waals surface area contributed by atoms with Crippen molar-refractivity contribution in [3.05, 3.63) is 35.9 Å². The molecule has 0 heterocycles. The summed E-state index contributed by atoms with van der Waals surface area (Å²) in [6.07, 6.45) is 0.379. The lowest BCUT2D eigenvalue weighted by Gasteiger charge is -2.28. The molecule has 0 amide bonds. The lowest BCUT2D eigenvalue weighted by atomic mass is 9.92. The van der Waals surface area contributed by atoms with E-state index in [4.69, 9.17) is 10.5 Å². The van der Waals surface area contributed by atoms with Crippen LogP contribution < -0.4 is 5.73 Å². The number of hydrogen-bond acceptors (Lipinski definition) is 4. The van der Waals surface area contributed by atoms with Crippen molar-refractivity contribution in [3.63, 3.8) is 0 Å². The molecule has 110 valence electrons. The molecule has 0 fully saturated rings. The van der Waals surface area contributed by atoms with Gasteiger partial charge in [0.1, 0.15) is 5.60 Å². The van der Waals surface area contributed by atoms with E-state index in [2.05, 4.69) is 0 Å². The fourth-order valence-electron chi connectivity index (χ4n) is 1.65. The molecule has 0 saturated carbocycles. The summed E-state index contributed by atoms with van der Waals surface area (Å²) < 4.78 is 5.11. The number of ether oxygens (including phenoxy) is 1. The van der Waals surface area contributed by atoms with Crippen molar-refractivity contribution >= 4 is 11.9 Å². The van der Waals surface area contributed by atoms with Gasteiger partial charge < -0.3 is 15.6 Å². The highest BCUT2D eigenvalue weighted by molar-refractivity contribution is 6.03. The van der Waals surface area contributed by atoms with Crippen molar-refractivity contribution in [2.45, 2.75) is 44.8 Å². The molecular formula is C15H21NO4. The lowest BCUT2D eigenvalue weighted by molar-refractivity contribution is -0.169. The molecule has 1 aromatic carbocycles. The first kappa shape index (κ1) is 16.2. The van der Waals surface area contributed by atoms with Gasteiger partial charge in [-0.05, 0) is 39.2 Å². The molecule has 0 bridgehead atoms. The lowest BCUT2D eigenvalue weighted by Crippen LogP contribution is -2.57. The minimum atomic E-state index is -2.02. The van der Waals surface area contributed by atoms with Crippen LogP contribution in [0.4, 0.5) is 0 Å². The molecule has 1 rings (SSSR count). The Morgan fingerprint density at radius 3 is 2.20 bits per heavy atom. The summed E-state index contributed by atoms with van der Waals surface area (Å²) >= 11 is 0. The summed E-state index contributed by atoms with van der Waals surface area (Å²) in [6.45, 7) is 5.01. The average molecular weight is 279 g/mol. The van der Waals surface area contributed by atoms with Crippen molar-refractivity contribution < 1.29 is 19.4 Å². The van der Waals surface area contributed by atoms with Crippen LogP contribution in [0.25, 0.3) is 0 Å². The molecule has 20 heavy (non-hydrogen) atoms. The molecule has 0 aliphatic carbocycles. The fraction of sp³-hybridized carbons (Fsp3) is 0.467. The molecule has 0 aromatic heterocycles. The fourth-order valence-corrected chi connectivity index (χ4v) is 1.65. The molecule has 0 unspecified atom stereocenters. The van der Waals surface area contributed by atoms with Crippen LogP contribution in [-0.4, -0.2) is 28.2 Å². The Kier molecular flexibility index (Phi) is 4.89. The van der Waals surface area contributed by atoms with Gasteiger partial charge in [-0.25, -0.2) is 9.59 Å². The number of benzene rings is 1. The number of aryl methyl sites for hydroxylation is 1. The molecule has 5 nitrogen and oxygen atoms in total. The molecule has 0 aliphatic rings. The first-order valence-corrected chi connectivity index (χ1v) is 6.45. The summed E-state index contributed by atoms with van der Waals surface area (Å²) in [5.74, 6) is -2.28. The molecular weight excluding hydrogens is 258 g/mol. The number of hydrogen-bond donors (Lipinski definition) is 2. The van der Waals surface area contributed by atoms with E-state index in [-0.39, 0.29) is 6.42 Å². The highest BCUT2D eigenvalue weighted by Crippen LogP contribution is 2.18. The molecule has 0 radical (unpaired) electrons. The number of carbonyl (C=O) groups excluding carboxylic acids is 1. The monoisotopic (exact) mass is 279 g/mol. The van der Waals surface area contributed by atoms with Crippen molar-refractivity contribution in [2.24, 2.45) is 5.73 Å². The largest absolute Gasteiger partial charge is 0.479 e. The minimum absolute atomic E-state index is 0.0126. The Bertz CT molecular complexity index is 478. The van der Waals surface area contributed by atoms with Crippen molar-refractivity contribution in [1.82, 2.24) is 0 Å². The third kappa shape index (κ3) is 4.35. The predicted molar refractivity (Wildman–Crippen MR) is 75.2 cm³/mol. The topological polar surface area (TPSA) is 89.6 Å². The van der Waals surface area contributed by atoms with E-state index in [9.17, 15) is 14.7 Å². The van der Waals surface area contributed by atoms with Gasteiger partial charge in [0.2, 0.25) is 5.54 Å². The quantitative estimate of drug-likeness (QED) is 0.633. The standard InChI is InChI=1S/C15H21NO4/c1-14(2,3)20-13(19)15(16,12(17)18)10-9-11-7-5-4-6-8-11/h4-8H,9-10,16H2,1-3H3,(H,17,18)/t15-/m1/s1. The molecule has 0 spiro atoms. The van der Waals surface area contributed by atoms with Gasteiger partial charge in [0.05, 0.1) is 0 Å². The zero-order chi connectivity index (χ0) is 15.4. The highest BCUT2D eigenvalue weighted by Gasteiger charge is 2.45. The molecule has 0 saturated heterocycles. The number of rotatable bonds is 5. The molecule has 5 heteroatoms. The van der Waals surface area contributed by atoms with Gasteiger partial charge in [-0.15, -0.1) is 0 Å². The van der Waals surface area contributed by atoms with Gasteiger partial charge in [-0.1, -0.05) is 30.3 Å². The summed E-state index contributed by atoms with van der Waals surface area (Å²) in [6, 6.07) is 9.28. The Morgan fingerprint density at radius 1 is 1.20 bits per heavy atom. The zero-order valence-electron chi connectivity index (χ0n) is 12.1. The Labute approximate surface area is 118 Å². The van der Waals surface area contributed by atoms with Crippen molar-refractivity contribution in [2.75, 3.05) is 0 Å². The number of carboxylic acid groups (broad SMARTS) is 1. The van der Waals surface area contributed by atoms with Crippen LogP contribution >= 0.6 is 0 Å². The second-order valence-corrected chi connectivity index (χ2v) is 5.76. The van der Waals surface area contributed by atoms with Crippen molar-refractivity contribution in [3.8, 4) is 0 Å². The number of carboxylic acids is 1. The summed E-state index contributed by atoms with van der Waals surface area (Å²) in [7, 11) is 0. The van der Waals surface area contributed by atoms with Gasteiger partial charge in [0.25, 0.3) is 0 Å².